The Hall–Kier alpha value is -3.62. The average Bonchev–Trinajstić information content (AvgIpc) is 2.54. The molecule has 3 heterocycles. The number of anilines is 1. The van der Waals surface area contributed by atoms with Crippen molar-refractivity contribution in [1.82, 2.24) is 29.9 Å². The second-order valence-corrected chi connectivity index (χ2v) is 4.80. The lowest BCUT2D eigenvalue weighted by molar-refractivity contribution is 1.05. The molecule has 0 fully saturated rings. The van der Waals surface area contributed by atoms with Crippen LogP contribution in [0.25, 0.3) is 33.7 Å². The van der Waals surface area contributed by atoms with Gasteiger partial charge in [-0.05, 0) is 0 Å². The second-order valence-electron chi connectivity index (χ2n) is 4.80. The Morgan fingerprint density at radius 3 is 2.43 bits per heavy atom. The van der Waals surface area contributed by atoms with Crippen LogP contribution < -0.4 is 17.0 Å². The zero-order valence-electron chi connectivity index (χ0n) is 11.6. The van der Waals surface area contributed by atoms with Gasteiger partial charge in [0.1, 0.15) is 0 Å². The van der Waals surface area contributed by atoms with Gasteiger partial charge in [0.25, 0.3) is 5.56 Å². The van der Waals surface area contributed by atoms with E-state index in [-0.39, 0.29) is 28.1 Å². The fourth-order valence-corrected chi connectivity index (χ4v) is 2.23. The third kappa shape index (κ3) is 2.11. The zero-order valence-corrected chi connectivity index (χ0v) is 11.6. The van der Waals surface area contributed by atoms with Gasteiger partial charge in [0.2, 0.25) is 0 Å². The molecule has 1 aromatic carbocycles. The Labute approximate surface area is 127 Å². The number of nitrogens with one attached hydrogen (secondary N) is 2. The van der Waals surface area contributed by atoms with Gasteiger partial charge >= 0.3 is 5.69 Å². The quantitative estimate of drug-likeness (QED) is 0.426. The highest BCUT2D eigenvalue weighted by Crippen LogP contribution is 2.21. The van der Waals surface area contributed by atoms with Crippen molar-refractivity contribution in [2.75, 3.05) is 5.73 Å². The van der Waals surface area contributed by atoms with Crippen LogP contribution in [0.1, 0.15) is 0 Å². The van der Waals surface area contributed by atoms with Crippen molar-refractivity contribution < 1.29 is 0 Å². The van der Waals surface area contributed by atoms with Crippen molar-refractivity contribution in [3.8, 4) is 11.4 Å². The number of aromatic nitrogens is 6. The van der Waals surface area contributed by atoms with Crippen LogP contribution in [0.2, 0.25) is 0 Å². The predicted molar refractivity (Wildman–Crippen MR) is 83.7 cm³/mol. The number of nitrogens with two attached hydrogens (primary N) is 1. The molecule has 0 aliphatic carbocycles. The number of nitrogens with zero attached hydrogens (tertiary/aromatic N) is 4. The van der Waals surface area contributed by atoms with E-state index in [0.717, 1.165) is 5.56 Å². The Morgan fingerprint density at radius 1 is 0.870 bits per heavy atom. The smallest absolute Gasteiger partial charge is 0.327 e. The Morgan fingerprint density at radius 2 is 1.65 bits per heavy atom. The van der Waals surface area contributed by atoms with Gasteiger partial charge in [-0.2, -0.15) is 0 Å². The van der Waals surface area contributed by atoms with Gasteiger partial charge in [-0.1, -0.05) is 30.3 Å². The molecule has 0 spiro atoms. The fourth-order valence-electron chi connectivity index (χ4n) is 2.23. The topological polar surface area (TPSA) is 143 Å². The van der Waals surface area contributed by atoms with Gasteiger partial charge < -0.3 is 5.73 Å². The van der Waals surface area contributed by atoms with E-state index < -0.39 is 11.2 Å². The minimum Gasteiger partial charge on any atom is -0.382 e. The summed E-state index contributed by atoms with van der Waals surface area (Å²) in [5.41, 5.74) is 5.80. The summed E-state index contributed by atoms with van der Waals surface area (Å²) in [6.07, 6.45) is 0. The number of nitrogen functional groups attached to an aromatic ring is 1. The standard InChI is InChI=1S/C14H9N7O2/c15-9-7-11(18-10(17-9)6-4-2-1-3-5-6)19-12-8(16-7)13(22)21-14(23)20-12/h1-5H,(H4,15,17,18,19,20,21,22,23). The molecule has 0 aliphatic rings. The number of H-pyrrole nitrogens is 2. The maximum absolute atomic E-state index is 11.8. The third-order valence-corrected chi connectivity index (χ3v) is 3.26. The molecule has 0 amide bonds. The normalized spacial score (nSPS) is 11.1. The second kappa shape index (κ2) is 4.70. The highest BCUT2D eigenvalue weighted by atomic mass is 16.2. The van der Waals surface area contributed by atoms with E-state index in [1.54, 1.807) is 0 Å². The van der Waals surface area contributed by atoms with Crippen molar-refractivity contribution in [2.24, 2.45) is 0 Å². The highest BCUT2D eigenvalue weighted by Gasteiger charge is 2.13. The zero-order chi connectivity index (χ0) is 16.0. The first-order valence-electron chi connectivity index (χ1n) is 6.65. The van der Waals surface area contributed by atoms with Crippen molar-refractivity contribution in [3.05, 3.63) is 51.2 Å². The summed E-state index contributed by atoms with van der Waals surface area (Å²) < 4.78 is 0. The van der Waals surface area contributed by atoms with E-state index in [0.29, 0.717) is 5.82 Å². The summed E-state index contributed by atoms with van der Waals surface area (Å²) in [6.45, 7) is 0. The van der Waals surface area contributed by atoms with Gasteiger partial charge in [0.05, 0.1) is 0 Å². The van der Waals surface area contributed by atoms with E-state index in [2.05, 4.69) is 29.9 Å². The molecular formula is C14H9N7O2. The van der Waals surface area contributed by atoms with Crippen LogP contribution in [-0.2, 0) is 0 Å². The van der Waals surface area contributed by atoms with Crippen LogP contribution in [-0.4, -0.2) is 29.9 Å². The molecular weight excluding hydrogens is 298 g/mol. The number of fused-ring (bicyclic) bond motifs is 2. The van der Waals surface area contributed by atoms with Gasteiger partial charge in [-0.15, -0.1) is 0 Å². The summed E-state index contributed by atoms with van der Waals surface area (Å²) in [7, 11) is 0. The molecule has 0 aliphatic heterocycles. The predicted octanol–water partition coefficient (Wildman–Crippen LogP) is 0.199. The molecule has 4 rings (SSSR count). The summed E-state index contributed by atoms with van der Waals surface area (Å²) >= 11 is 0. The minimum atomic E-state index is -0.665. The van der Waals surface area contributed by atoms with Crippen LogP contribution >= 0.6 is 0 Å². The van der Waals surface area contributed by atoms with Gasteiger partial charge in [-0.3, -0.25) is 14.8 Å². The first kappa shape index (κ1) is 13.1. The van der Waals surface area contributed by atoms with E-state index in [4.69, 9.17) is 5.73 Å². The lowest BCUT2D eigenvalue weighted by Gasteiger charge is -2.05. The molecule has 0 atom stereocenters. The van der Waals surface area contributed by atoms with Crippen LogP contribution in [0.3, 0.4) is 0 Å². The third-order valence-electron chi connectivity index (χ3n) is 3.26. The Kier molecular flexibility index (Phi) is 2.67. The number of aromatic amines is 2. The maximum Gasteiger partial charge on any atom is 0.327 e. The average molecular weight is 307 g/mol. The fraction of sp³-hybridized carbons (Fsp3) is 0. The van der Waals surface area contributed by atoms with Crippen LogP contribution in [0.4, 0.5) is 5.82 Å². The monoisotopic (exact) mass is 307 g/mol. The molecule has 4 aromatic rings. The van der Waals surface area contributed by atoms with E-state index >= 15 is 0 Å². The molecule has 23 heavy (non-hydrogen) atoms. The van der Waals surface area contributed by atoms with Crippen molar-refractivity contribution in [1.29, 1.82) is 0 Å². The van der Waals surface area contributed by atoms with Crippen molar-refractivity contribution in [2.45, 2.75) is 0 Å². The highest BCUT2D eigenvalue weighted by molar-refractivity contribution is 5.88. The molecule has 112 valence electrons. The molecule has 4 N–H and O–H groups in total. The summed E-state index contributed by atoms with van der Waals surface area (Å²) in [4.78, 5) is 44.5. The number of rotatable bonds is 1. The molecule has 9 nitrogen and oxygen atoms in total. The van der Waals surface area contributed by atoms with Crippen LogP contribution in [0.5, 0.6) is 0 Å². The number of benzene rings is 1. The lowest BCUT2D eigenvalue weighted by atomic mass is 10.2. The van der Waals surface area contributed by atoms with Crippen LogP contribution in [0, 0.1) is 0 Å². The van der Waals surface area contributed by atoms with E-state index in [9.17, 15) is 9.59 Å². The summed E-state index contributed by atoms with van der Waals surface area (Å²) in [6, 6.07) is 9.24. The van der Waals surface area contributed by atoms with Crippen molar-refractivity contribution in [3.63, 3.8) is 0 Å². The lowest BCUT2D eigenvalue weighted by Crippen LogP contribution is -2.23. The molecule has 0 saturated heterocycles. The minimum absolute atomic E-state index is 0.0279. The van der Waals surface area contributed by atoms with Crippen LogP contribution in [0.15, 0.2) is 39.9 Å². The van der Waals surface area contributed by atoms with Crippen molar-refractivity contribution >= 4 is 28.1 Å². The SMILES string of the molecule is Nc1nc(-c2ccccc2)nc2nc3[nH]c(=O)[nH]c(=O)c3nc12. The van der Waals surface area contributed by atoms with E-state index in [1.165, 1.54) is 0 Å². The van der Waals surface area contributed by atoms with E-state index in [1.807, 2.05) is 30.3 Å². The summed E-state index contributed by atoms with van der Waals surface area (Å²) in [5.74, 6) is 0.491. The Bertz CT molecular complexity index is 1160. The first-order valence-corrected chi connectivity index (χ1v) is 6.65. The largest absolute Gasteiger partial charge is 0.382 e. The molecule has 0 saturated carbocycles. The molecule has 0 radical (unpaired) electrons. The van der Waals surface area contributed by atoms with Gasteiger partial charge in [0.15, 0.2) is 34.0 Å². The molecule has 9 heteroatoms. The molecule has 3 aromatic heterocycles. The molecule has 0 bridgehead atoms. The summed E-state index contributed by atoms with van der Waals surface area (Å²) in [5, 5.41) is 0. The Balaban J connectivity index is 2.08. The number of hydrogen-bond acceptors (Lipinski definition) is 7. The molecule has 0 unspecified atom stereocenters. The maximum atomic E-state index is 11.8. The van der Waals surface area contributed by atoms with Gasteiger partial charge in [-0.25, -0.2) is 24.7 Å². The first-order chi connectivity index (χ1) is 11.1. The van der Waals surface area contributed by atoms with Gasteiger partial charge in [0, 0.05) is 5.56 Å². The number of hydrogen-bond donors (Lipinski definition) is 3.